The third-order valence-electron chi connectivity index (χ3n) is 1.68. The predicted molar refractivity (Wildman–Crippen MR) is 56.0 cm³/mol. The highest BCUT2D eigenvalue weighted by molar-refractivity contribution is 5.83. The molecule has 1 rings (SSSR count). The molecule has 0 aliphatic heterocycles. The van der Waals surface area contributed by atoms with Gasteiger partial charge < -0.3 is 4.74 Å². The number of nitrogens with two attached hydrogens (primary N) is 2. The lowest BCUT2D eigenvalue weighted by atomic mass is 9.96. The van der Waals surface area contributed by atoms with Crippen molar-refractivity contribution < 1.29 is 14.3 Å². The molecule has 1 aliphatic rings. The molecule has 0 heterocycles. The molecule has 4 N–H and O–H groups in total. The SMILES string of the molecule is CCOC(=O)C1C=CC=CC1=C=O.NN. The summed E-state index contributed by atoms with van der Waals surface area (Å²) in [5.74, 6) is 8.74. The van der Waals surface area contributed by atoms with Gasteiger partial charge in [0.1, 0.15) is 11.9 Å². The largest absolute Gasteiger partial charge is 0.465 e. The number of carbonyl (C=O) groups excluding carboxylic acids is 2. The van der Waals surface area contributed by atoms with Crippen LogP contribution in [-0.4, -0.2) is 18.5 Å². The van der Waals surface area contributed by atoms with E-state index in [9.17, 15) is 9.59 Å². The van der Waals surface area contributed by atoms with Gasteiger partial charge in [0.2, 0.25) is 0 Å². The van der Waals surface area contributed by atoms with Crippen molar-refractivity contribution in [3.05, 3.63) is 29.9 Å². The molecule has 5 nitrogen and oxygen atoms in total. The smallest absolute Gasteiger partial charge is 0.318 e. The van der Waals surface area contributed by atoms with Crippen LogP contribution in [0.25, 0.3) is 0 Å². The van der Waals surface area contributed by atoms with Gasteiger partial charge in [-0.1, -0.05) is 18.2 Å². The second-order valence-electron chi connectivity index (χ2n) is 2.53. The molecular formula is C10H14N2O3. The number of carbonyl (C=O) groups is 1. The normalized spacial score (nSPS) is 17.5. The van der Waals surface area contributed by atoms with Gasteiger partial charge in [-0.15, -0.1) is 0 Å². The summed E-state index contributed by atoms with van der Waals surface area (Å²) in [6, 6.07) is 0. The third-order valence-corrected chi connectivity index (χ3v) is 1.68. The lowest BCUT2D eigenvalue weighted by molar-refractivity contribution is -0.145. The first-order valence-electron chi connectivity index (χ1n) is 4.39. The van der Waals surface area contributed by atoms with Gasteiger partial charge in [-0.05, 0) is 13.0 Å². The Morgan fingerprint density at radius 3 is 2.73 bits per heavy atom. The van der Waals surface area contributed by atoms with Crippen LogP contribution in [-0.2, 0) is 14.3 Å². The van der Waals surface area contributed by atoms with Crippen LogP contribution in [0.1, 0.15) is 6.92 Å². The Labute approximate surface area is 88.0 Å². The van der Waals surface area contributed by atoms with E-state index in [2.05, 4.69) is 11.7 Å². The Hall–Kier alpha value is -1.68. The number of esters is 1. The molecule has 0 amide bonds. The van der Waals surface area contributed by atoms with Gasteiger partial charge in [0.25, 0.3) is 0 Å². The van der Waals surface area contributed by atoms with Crippen LogP contribution >= 0.6 is 0 Å². The maximum Gasteiger partial charge on any atom is 0.318 e. The van der Waals surface area contributed by atoms with E-state index < -0.39 is 11.9 Å². The average Bonchev–Trinajstić information content (AvgIpc) is 2.32. The van der Waals surface area contributed by atoms with E-state index in [1.54, 1.807) is 37.2 Å². The van der Waals surface area contributed by atoms with Crippen molar-refractivity contribution >= 4 is 11.9 Å². The summed E-state index contributed by atoms with van der Waals surface area (Å²) in [5.41, 5.74) is 0.320. The number of allylic oxidation sites excluding steroid dienone is 3. The van der Waals surface area contributed by atoms with Gasteiger partial charge in [0.15, 0.2) is 0 Å². The molecule has 1 atom stereocenters. The molecule has 15 heavy (non-hydrogen) atoms. The second-order valence-corrected chi connectivity index (χ2v) is 2.53. The van der Waals surface area contributed by atoms with Crippen molar-refractivity contribution in [3.63, 3.8) is 0 Å². The van der Waals surface area contributed by atoms with E-state index in [1.165, 1.54) is 0 Å². The topological polar surface area (TPSA) is 95.4 Å². The van der Waals surface area contributed by atoms with Crippen LogP contribution in [0.2, 0.25) is 0 Å². The number of ether oxygens (including phenoxy) is 1. The summed E-state index contributed by atoms with van der Waals surface area (Å²) < 4.78 is 4.79. The quantitative estimate of drug-likeness (QED) is 0.286. The van der Waals surface area contributed by atoms with E-state index in [1.807, 2.05) is 0 Å². The first-order chi connectivity index (χ1) is 7.29. The lowest BCUT2D eigenvalue weighted by Gasteiger charge is -2.11. The number of rotatable bonds is 2. The van der Waals surface area contributed by atoms with Crippen molar-refractivity contribution in [1.29, 1.82) is 0 Å². The second kappa shape index (κ2) is 7.70. The van der Waals surface area contributed by atoms with Gasteiger partial charge in [-0.25, -0.2) is 4.79 Å². The minimum atomic E-state index is -0.581. The Morgan fingerprint density at radius 2 is 2.20 bits per heavy atom. The van der Waals surface area contributed by atoms with Crippen LogP contribution < -0.4 is 11.7 Å². The number of hydrogen-bond donors (Lipinski definition) is 2. The first-order valence-corrected chi connectivity index (χ1v) is 4.39. The lowest BCUT2D eigenvalue weighted by Crippen LogP contribution is -2.18. The molecule has 1 aliphatic carbocycles. The highest BCUT2D eigenvalue weighted by Crippen LogP contribution is 2.17. The van der Waals surface area contributed by atoms with E-state index in [0.29, 0.717) is 12.2 Å². The fourth-order valence-corrected chi connectivity index (χ4v) is 1.08. The summed E-state index contributed by atoms with van der Waals surface area (Å²) in [4.78, 5) is 21.7. The molecule has 0 spiro atoms. The average molecular weight is 210 g/mol. The summed E-state index contributed by atoms with van der Waals surface area (Å²) in [6.07, 6.45) is 6.59. The molecule has 0 aromatic carbocycles. The van der Waals surface area contributed by atoms with E-state index in [0.717, 1.165) is 0 Å². The van der Waals surface area contributed by atoms with Crippen LogP contribution in [0.5, 0.6) is 0 Å². The Morgan fingerprint density at radius 1 is 1.53 bits per heavy atom. The zero-order valence-electron chi connectivity index (χ0n) is 8.47. The molecule has 5 heteroatoms. The van der Waals surface area contributed by atoms with Crippen molar-refractivity contribution in [3.8, 4) is 0 Å². The monoisotopic (exact) mass is 210 g/mol. The van der Waals surface area contributed by atoms with Crippen molar-refractivity contribution in [1.82, 2.24) is 0 Å². The number of hydrogen-bond acceptors (Lipinski definition) is 5. The third kappa shape index (κ3) is 3.91. The molecule has 0 aromatic heterocycles. The molecule has 0 bridgehead atoms. The summed E-state index contributed by atoms with van der Waals surface area (Å²) >= 11 is 0. The predicted octanol–water partition coefficient (Wildman–Crippen LogP) is -0.132. The molecule has 0 saturated carbocycles. The van der Waals surface area contributed by atoms with Crippen molar-refractivity contribution in [2.24, 2.45) is 17.6 Å². The van der Waals surface area contributed by atoms with Crippen LogP contribution in [0.15, 0.2) is 29.9 Å². The minimum Gasteiger partial charge on any atom is -0.465 e. The Bertz CT molecular complexity index is 315. The zero-order valence-corrected chi connectivity index (χ0v) is 8.47. The van der Waals surface area contributed by atoms with E-state index in [-0.39, 0.29) is 0 Å². The molecular weight excluding hydrogens is 196 g/mol. The van der Waals surface area contributed by atoms with Crippen LogP contribution in [0.3, 0.4) is 0 Å². The van der Waals surface area contributed by atoms with Crippen molar-refractivity contribution in [2.75, 3.05) is 6.61 Å². The minimum absolute atomic E-state index is 0.318. The van der Waals surface area contributed by atoms with Crippen molar-refractivity contribution in [2.45, 2.75) is 6.92 Å². The zero-order chi connectivity index (χ0) is 11.7. The fraction of sp³-hybridized carbons (Fsp3) is 0.300. The summed E-state index contributed by atoms with van der Waals surface area (Å²) in [6.45, 7) is 2.05. The fourth-order valence-electron chi connectivity index (χ4n) is 1.08. The molecule has 0 fully saturated rings. The molecule has 0 saturated heterocycles. The Balaban J connectivity index is 0.000000921. The highest BCUT2D eigenvalue weighted by Gasteiger charge is 2.21. The maximum atomic E-state index is 11.3. The number of hydrazine groups is 1. The molecule has 0 aromatic rings. The Kier molecular flexibility index (Phi) is 6.84. The van der Waals surface area contributed by atoms with Gasteiger partial charge in [-0.3, -0.25) is 16.5 Å². The highest BCUT2D eigenvalue weighted by atomic mass is 16.5. The van der Waals surface area contributed by atoms with Gasteiger partial charge in [0, 0.05) is 0 Å². The summed E-state index contributed by atoms with van der Waals surface area (Å²) in [5, 5.41) is 0. The van der Waals surface area contributed by atoms with Crippen LogP contribution in [0, 0.1) is 5.92 Å². The molecule has 82 valence electrons. The summed E-state index contributed by atoms with van der Waals surface area (Å²) in [7, 11) is 0. The van der Waals surface area contributed by atoms with Gasteiger partial charge in [0.05, 0.1) is 12.2 Å². The first kappa shape index (κ1) is 13.3. The standard InChI is InChI=1S/C10H10O3.H4N2/c1-2-13-10(12)9-6-4-3-5-8(9)7-11;1-2/h3-6,9H,2H2,1H3;1-2H2. The molecule has 0 radical (unpaired) electrons. The molecule has 1 unspecified atom stereocenters. The van der Waals surface area contributed by atoms with Gasteiger partial charge in [-0.2, -0.15) is 0 Å². The van der Waals surface area contributed by atoms with E-state index >= 15 is 0 Å². The van der Waals surface area contributed by atoms with Gasteiger partial charge >= 0.3 is 5.97 Å². The van der Waals surface area contributed by atoms with Crippen LogP contribution in [0.4, 0.5) is 0 Å². The van der Waals surface area contributed by atoms with E-state index in [4.69, 9.17) is 4.74 Å². The maximum absolute atomic E-state index is 11.3.